The van der Waals surface area contributed by atoms with Gasteiger partial charge in [-0.2, -0.15) is 0 Å². The zero-order valence-corrected chi connectivity index (χ0v) is 17.6. The number of aromatic nitrogens is 3. The summed E-state index contributed by atoms with van der Waals surface area (Å²) in [5.41, 5.74) is 13.3. The number of H-pyrrole nitrogens is 2. The van der Waals surface area contributed by atoms with Crippen LogP contribution in [0.3, 0.4) is 0 Å². The van der Waals surface area contributed by atoms with E-state index in [4.69, 9.17) is 11.5 Å². The number of aromatic amines is 2. The van der Waals surface area contributed by atoms with E-state index in [0.717, 1.165) is 16.5 Å². The Hall–Kier alpha value is -4.19. The lowest BCUT2D eigenvalue weighted by Gasteiger charge is -2.22. The highest BCUT2D eigenvalue weighted by molar-refractivity contribution is 5.94. The van der Waals surface area contributed by atoms with Gasteiger partial charge < -0.3 is 37.2 Å². The van der Waals surface area contributed by atoms with Crippen LogP contribution in [0.2, 0.25) is 0 Å². The average Bonchev–Trinajstić information content (AvgIpc) is 3.42. The fraction of sp³-hybridized carbons (Fsp3) is 0.286. The molecular weight excluding hydrogens is 430 g/mol. The van der Waals surface area contributed by atoms with Crippen molar-refractivity contribution in [2.75, 3.05) is 0 Å². The number of hydrogen-bond acceptors (Lipinski definition) is 6. The zero-order chi connectivity index (χ0) is 24.0. The van der Waals surface area contributed by atoms with Gasteiger partial charge in [0.1, 0.15) is 12.1 Å². The van der Waals surface area contributed by atoms with Crippen molar-refractivity contribution < 1.29 is 24.3 Å². The Labute approximate surface area is 188 Å². The highest BCUT2D eigenvalue weighted by atomic mass is 16.4. The van der Waals surface area contributed by atoms with Gasteiger partial charge in [0.15, 0.2) is 0 Å². The Morgan fingerprint density at radius 2 is 1.76 bits per heavy atom. The molecular formula is C21H25N7O5. The van der Waals surface area contributed by atoms with Crippen molar-refractivity contribution >= 4 is 34.6 Å². The summed E-state index contributed by atoms with van der Waals surface area (Å²) in [7, 11) is 0. The number of aliphatic carboxylic acids is 1. The molecule has 9 N–H and O–H groups in total. The summed E-state index contributed by atoms with van der Waals surface area (Å²) in [6, 6.07) is 3.74. The van der Waals surface area contributed by atoms with E-state index < -0.39 is 48.2 Å². The number of carboxylic acids is 1. The first-order valence-corrected chi connectivity index (χ1v) is 10.1. The van der Waals surface area contributed by atoms with Gasteiger partial charge >= 0.3 is 5.97 Å². The molecule has 3 unspecified atom stereocenters. The van der Waals surface area contributed by atoms with Crippen LogP contribution in [0.1, 0.15) is 17.7 Å². The molecule has 12 heteroatoms. The number of carbonyl (C=O) groups is 4. The van der Waals surface area contributed by atoms with Crippen LogP contribution in [0.15, 0.2) is 43.0 Å². The number of nitrogens with two attached hydrogens (primary N) is 2. The molecule has 3 amide bonds. The van der Waals surface area contributed by atoms with Crippen LogP contribution < -0.4 is 22.1 Å². The predicted octanol–water partition coefficient (Wildman–Crippen LogP) is -1.07. The smallest absolute Gasteiger partial charge is 0.326 e. The van der Waals surface area contributed by atoms with Crippen molar-refractivity contribution in [1.82, 2.24) is 25.6 Å². The molecule has 0 aliphatic carbocycles. The lowest BCUT2D eigenvalue weighted by molar-refractivity contribution is -0.143. The van der Waals surface area contributed by atoms with E-state index in [1.165, 1.54) is 12.5 Å². The van der Waals surface area contributed by atoms with Crippen LogP contribution in [-0.4, -0.2) is 61.9 Å². The van der Waals surface area contributed by atoms with Gasteiger partial charge in [0.25, 0.3) is 0 Å². The second kappa shape index (κ2) is 10.4. The van der Waals surface area contributed by atoms with Crippen LogP contribution in [0.4, 0.5) is 0 Å². The lowest BCUT2D eigenvalue weighted by atomic mass is 10.0. The van der Waals surface area contributed by atoms with Gasteiger partial charge in [-0.15, -0.1) is 0 Å². The molecule has 0 radical (unpaired) electrons. The standard InChI is InChI=1S/C21H25N7O5/c22-14(6-12-9-24-10-26-12)19(30)27-16(20(31)28-17(21(32)33)7-18(23)29)5-11-8-25-15-4-2-1-3-13(11)15/h1-4,8-10,14,16-17,25H,5-7,22H2,(H2,23,29)(H,24,26)(H,27,30)(H,28,31)(H,32,33). The van der Waals surface area contributed by atoms with Crippen LogP contribution in [0.25, 0.3) is 10.9 Å². The number of imidazole rings is 1. The van der Waals surface area contributed by atoms with E-state index in [1.807, 2.05) is 24.3 Å². The lowest BCUT2D eigenvalue weighted by Crippen LogP contribution is -2.56. The number of nitrogens with zero attached hydrogens (tertiary/aromatic N) is 1. The van der Waals surface area contributed by atoms with E-state index >= 15 is 0 Å². The fourth-order valence-corrected chi connectivity index (χ4v) is 3.41. The second-order valence-electron chi connectivity index (χ2n) is 7.58. The minimum absolute atomic E-state index is 0.0568. The van der Waals surface area contributed by atoms with Crippen molar-refractivity contribution in [3.05, 3.63) is 54.2 Å². The molecule has 174 valence electrons. The maximum absolute atomic E-state index is 13.0. The molecule has 0 spiro atoms. The Morgan fingerprint density at radius 1 is 1.03 bits per heavy atom. The molecule has 0 saturated carbocycles. The van der Waals surface area contributed by atoms with Gasteiger partial charge in [0.2, 0.25) is 17.7 Å². The Kier molecular flexibility index (Phi) is 7.41. The van der Waals surface area contributed by atoms with Gasteiger partial charge in [0.05, 0.1) is 18.8 Å². The third kappa shape index (κ3) is 6.17. The largest absolute Gasteiger partial charge is 0.480 e. The molecule has 3 rings (SSSR count). The van der Waals surface area contributed by atoms with Crippen LogP contribution in [-0.2, 0) is 32.0 Å². The minimum atomic E-state index is -1.53. The average molecular weight is 455 g/mol. The predicted molar refractivity (Wildman–Crippen MR) is 118 cm³/mol. The highest BCUT2D eigenvalue weighted by Gasteiger charge is 2.29. The summed E-state index contributed by atoms with van der Waals surface area (Å²) in [4.78, 5) is 58.1. The molecule has 0 aliphatic heterocycles. The second-order valence-corrected chi connectivity index (χ2v) is 7.58. The number of rotatable bonds is 11. The highest BCUT2D eigenvalue weighted by Crippen LogP contribution is 2.19. The number of carbonyl (C=O) groups excluding carboxylic acids is 3. The molecule has 2 heterocycles. The van der Waals surface area contributed by atoms with Crippen molar-refractivity contribution in [3.8, 4) is 0 Å². The number of carboxylic acid groups (broad SMARTS) is 1. The topological polar surface area (TPSA) is 209 Å². The summed E-state index contributed by atoms with van der Waals surface area (Å²) >= 11 is 0. The monoisotopic (exact) mass is 455 g/mol. The Balaban J connectivity index is 1.80. The first kappa shape index (κ1) is 23.5. The Bertz CT molecular complexity index is 1140. The summed E-state index contributed by atoms with van der Waals surface area (Å²) in [6.07, 6.45) is 4.32. The number of hydrogen-bond donors (Lipinski definition) is 7. The van der Waals surface area contributed by atoms with Crippen LogP contribution in [0, 0.1) is 0 Å². The zero-order valence-electron chi connectivity index (χ0n) is 17.6. The van der Waals surface area contributed by atoms with Crippen molar-refractivity contribution in [1.29, 1.82) is 0 Å². The number of para-hydroxylation sites is 1. The summed E-state index contributed by atoms with van der Waals surface area (Å²) in [6.45, 7) is 0. The third-order valence-electron chi connectivity index (χ3n) is 5.08. The van der Waals surface area contributed by atoms with Gasteiger partial charge in [0, 0.05) is 41.8 Å². The summed E-state index contributed by atoms with van der Waals surface area (Å²) in [5, 5.41) is 15.0. The van der Waals surface area contributed by atoms with Gasteiger partial charge in [-0.1, -0.05) is 18.2 Å². The van der Waals surface area contributed by atoms with Gasteiger partial charge in [-0.05, 0) is 11.6 Å². The molecule has 0 bridgehead atoms. The number of benzene rings is 1. The first-order valence-electron chi connectivity index (χ1n) is 10.1. The van der Waals surface area contributed by atoms with Gasteiger partial charge in [-0.25, -0.2) is 9.78 Å². The SMILES string of the molecule is NC(=O)CC(NC(=O)C(Cc1c[nH]c2ccccc12)NC(=O)C(N)Cc1cnc[nH]1)C(=O)O. The quantitative estimate of drug-likeness (QED) is 0.190. The van der Waals surface area contributed by atoms with Crippen molar-refractivity contribution in [2.24, 2.45) is 11.5 Å². The molecule has 33 heavy (non-hydrogen) atoms. The number of nitrogens with one attached hydrogen (secondary N) is 4. The molecule has 0 saturated heterocycles. The Morgan fingerprint density at radius 3 is 2.42 bits per heavy atom. The maximum Gasteiger partial charge on any atom is 0.326 e. The van der Waals surface area contributed by atoms with E-state index in [0.29, 0.717) is 5.69 Å². The molecule has 2 aromatic heterocycles. The van der Waals surface area contributed by atoms with Crippen molar-refractivity contribution in [3.63, 3.8) is 0 Å². The molecule has 0 aliphatic rings. The molecule has 0 fully saturated rings. The molecule has 3 atom stereocenters. The van der Waals surface area contributed by atoms with Crippen LogP contribution >= 0.6 is 0 Å². The summed E-state index contributed by atoms with van der Waals surface area (Å²) in [5.74, 6) is -3.70. The maximum atomic E-state index is 13.0. The van der Waals surface area contributed by atoms with E-state index in [9.17, 15) is 24.3 Å². The van der Waals surface area contributed by atoms with Gasteiger partial charge in [-0.3, -0.25) is 14.4 Å². The van der Waals surface area contributed by atoms with E-state index in [-0.39, 0.29) is 12.8 Å². The van der Waals surface area contributed by atoms with Crippen LogP contribution in [0.5, 0.6) is 0 Å². The number of primary amides is 1. The molecule has 1 aromatic carbocycles. The first-order chi connectivity index (χ1) is 15.7. The summed E-state index contributed by atoms with van der Waals surface area (Å²) < 4.78 is 0. The minimum Gasteiger partial charge on any atom is -0.480 e. The normalized spacial score (nSPS) is 13.7. The fourth-order valence-electron chi connectivity index (χ4n) is 3.41. The number of fused-ring (bicyclic) bond motifs is 1. The molecule has 3 aromatic rings. The van der Waals surface area contributed by atoms with Crippen molar-refractivity contribution in [2.45, 2.75) is 37.4 Å². The number of amides is 3. The van der Waals surface area contributed by atoms with E-state index in [2.05, 4.69) is 25.6 Å². The molecule has 12 nitrogen and oxygen atoms in total. The third-order valence-corrected chi connectivity index (χ3v) is 5.08. The van der Waals surface area contributed by atoms with E-state index in [1.54, 1.807) is 6.20 Å².